The van der Waals surface area contributed by atoms with Gasteiger partial charge in [0.2, 0.25) is 0 Å². The first-order chi connectivity index (χ1) is 9.36. The third-order valence-corrected chi connectivity index (χ3v) is 3.03. The zero-order chi connectivity index (χ0) is 13.1. The highest BCUT2D eigenvalue weighted by Crippen LogP contribution is 2.29. The van der Waals surface area contributed by atoms with Gasteiger partial charge in [-0.2, -0.15) is 5.10 Å². The lowest BCUT2D eigenvalue weighted by atomic mass is 10.0. The molecule has 2 aromatic heterocycles. The van der Waals surface area contributed by atoms with Crippen LogP contribution >= 0.6 is 0 Å². The van der Waals surface area contributed by atoms with Crippen LogP contribution in [0.15, 0.2) is 61.1 Å². The molecule has 0 saturated heterocycles. The second kappa shape index (κ2) is 5.04. The van der Waals surface area contributed by atoms with Gasteiger partial charge in [0.1, 0.15) is 6.10 Å². The number of benzene rings is 1. The van der Waals surface area contributed by atoms with Gasteiger partial charge in [0.25, 0.3) is 0 Å². The summed E-state index contributed by atoms with van der Waals surface area (Å²) < 4.78 is 0. The van der Waals surface area contributed by atoms with Gasteiger partial charge in [-0.15, -0.1) is 0 Å². The molecule has 0 saturated carbocycles. The molecule has 1 atom stereocenters. The highest BCUT2D eigenvalue weighted by molar-refractivity contribution is 5.63. The minimum absolute atomic E-state index is 0.734. The maximum atomic E-state index is 10.4. The third kappa shape index (κ3) is 2.26. The van der Waals surface area contributed by atoms with Crippen LogP contribution in [0.25, 0.3) is 11.3 Å². The SMILES string of the molecule is OC(c1cccnc1)c1cn[nH]c1-c1ccccc1. The van der Waals surface area contributed by atoms with Crippen molar-refractivity contribution in [2.75, 3.05) is 0 Å². The number of aromatic nitrogens is 3. The Morgan fingerprint density at radius 1 is 1.00 bits per heavy atom. The van der Waals surface area contributed by atoms with Crippen LogP contribution in [0.4, 0.5) is 0 Å². The van der Waals surface area contributed by atoms with Gasteiger partial charge in [0.15, 0.2) is 0 Å². The molecule has 1 unspecified atom stereocenters. The summed E-state index contributed by atoms with van der Waals surface area (Å²) in [6, 6.07) is 13.5. The van der Waals surface area contributed by atoms with Crippen molar-refractivity contribution < 1.29 is 5.11 Å². The zero-order valence-corrected chi connectivity index (χ0v) is 10.2. The highest BCUT2D eigenvalue weighted by Gasteiger charge is 2.17. The number of rotatable bonds is 3. The average Bonchev–Trinajstić information content (AvgIpc) is 2.98. The van der Waals surface area contributed by atoms with E-state index < -0.39 is 6.10 Å². The molecule has 3 aromatic rings. The van der Waals surface area contributed by atoms with Crippen LogP contribution in [0.1, 0.15) is 17.2 Å². The molecule has 2 heterocycles. The Labute approximate surface area is 110 Å². The van der Waals surface area contributed by atoms with Crippen molar-refractivity contribution in [1.29, 1.82) is 0 Å². The topological polar surface area (TPSA) is 61.8 Å². The summed E-state index contributed by atoms with van der Waals surface area (Å²) in [6.45, 7) is 0. The van der Waals surface area contributed by atoms with Gasteiger partial charge < -0.3 is 5.11 Å². The molecule has 4 nitrogen and oxygen atoms in total. The van der Waals surface area contributed by atoms with E-state index in [0.29, 0.717) is 0 Å². The number of nitrogens with zero attached hydrogens (tertiary/aromatic N) is 2. The molecule has 0 aliphatic rings. The molecule has 2 N–H and O–H groups in total. The largest absolute Gasteiger partial charge is 0.383 e. The Hall–Kier alpha value is -2.46. The fourth-order valence-electron chi connectivity index (χ4n) is 2.06. The number of nitrogens with one attached hydrogen (secondary N) is 1. The standard InChI is InChI=1S/C15H13N3O/c19-15(12-7-4-8-16-9-12)13-10-17-18-14(13)11-5-2-1-3-6-11/h1-10,15,19H,(H,17,18). The van der Waals surface area contributed by atoms with E-state index in [9.17, 15) is 5.11 Å². The first kappa shape index (κ1) is 11.6. The number of aromatic amines is 1. The van der Waals surface area contributed by atoms with Crippen LogP contribution in [0.5, 0.6) is 0 Å². The number of H-pyrrole nitrogens is 1. The number of hydrogen-bond donors (Lipinski definition) is 2. The summed E-state index contributed by atoms with van der Waals surface area (Å²) in [5.41, 5.74) is 3.33. The first-order valence-electron chi connectivity index (χ1n) is 6.03. The summed E-state index contributed by atoms with van der Waals surface area (Å²) in [4.78, 5) is 4.03. The van der Waals surface area contributed by atoms with E-state index in [0.717, 1.165) is 22.4 Å². The number of pyridine rings is 1. The van der Waals surface area contributed by atoms with Crippen molar-refractivity contribution in [3.8, 4) is 11.3 Å². The molecule has 0 aliphatic heterocycles. The van der Waals surface area contributed by atoms with Crippen LogP contribution in [0, 0.1) is 0 Å². The van der Waals surface area contributed by atoms with E-state index in [1.165, 1.54) is 0 Å². The Bertz CT molecular complexity index is 649. The van der Waals surface area contributed by atoms with E-state index in [4.69, 9.17) is 0 Å². The summed E-state index contributed by atoms with van der Waals surface area (Å²) in [7, 11) is 0. The van der Waals surface area contributed by atoms with Gasteiger partial charge in [-0.25, -0.2) is 0 Å². The monoisotopic (exact) mass is 251 g/mol. The lowest BCUT2D eigenvalue weighted by molar-refractivity contribution is 0.220. The second-order valence-electron chi connectivity index (χ2n) is 4.26. The van der Waals surface area contributed by atoms with Crippen LogP contribution < -0.4 is 0 Å². The molecular formula is C15H13N3O. The van der Waals surface area contributed by atoms with E-state index >= 15 is 0 Å². The third-order valence-electron chi connectivity index (χ3n) is 3.03. The summed E-state index contributed by atoms with van der Waals surface area (Å²) in [6.07, 6.45) is 4.26. The maximum absolute atomic E-state index is 10.4. The fraction of sp³-hybridized carbons (Fsp3) is 0.0667. The smallest absolute Gasteiger partial charge is 0.109 e. The normalized spacial score (nSPS) is 12.3. The van der Waals surface area contributed by atoms with Crippen LogP contribution in [-0.4, -0.2) is 20.3 Å². The van der Waals surface area contributed by atoms with Crippen LogP contribution in [-0.2, 0) is 0 Å². The van der Waals surface area contributed by atoms with Crippen LogP contribution in [0.3, 0.4) is 0 Å². The Morgan fingerprint density at radius 3 is 2.58 bits per heavy atom. The lowest BCUT2D eigenvalue weighted by Crippen LogP contribution is -2.00. The van der Waals surface area contributed by atoms with Gasteiger partial charge >= 0.3 is 0 Å². The molecule has 94 valence electrons. The van der Waals surface area contributed by atoms with E-state index in [1.807, 2.05) is 36.4 Å². The van der Waals surface area contributed by atoms with Gasteiger partial charge in [-0.05, 0) is 11.6 Å². The predicted molar refractivity (Wildman–Crippen MR) is 72.3 cm³/mol. The van der Waals surface area contributed by atoms with Crippen molar-refractivity contribution in [2.45, 2.75) is 6.10 Å². The first-order valence-corrected chi connectivity index (χ1v) is 6.03. The minimum atomic E-state index is -0.734. The van der Waals surface area contributed by atoms with Gasteiger partial charge in [-0.1, -0.05) is 36.4 Å². The molecule has 1 aromatic carbocycles. The van der Waals surface area contributed by atoms with Gasteiger partial charge in [0.05, 0.1) is 11.9 Å². The van der Waals surface area contributed by atoms with Crippen molar-refractivity contribution in [3.05, 3.63) is 72.2 Å². The molecule has 0 radical (unpaired) electrons. The summed E-state index contributed by atoms with van der Waals surface area (Å²) in [5, 5.41) is 17.4. The second-order valence-corrected chi connectivity index (χ2v) is 4.26. The minimum Gasteiger partial charge on any atom is -0.383 e. The molecular weight excluding hydrogens is 238 g/mol. The molecule has 0 fully saturated rings. The molecule has 4 heteroatoms. The van der Waals surface area contributed by atoms with Crippen molar-refractivity contribution in [1.82, 2.24) is 15.2 Å². The van der Waals surface area contributed by atoms with Crippen molar-refractivity contribution >= 4 is 0 Å². The van der Waals surface area contributed by atoms with Gasteiger partial charge in [-0.3, -0.25) is 10.1 Å². The summed E-state index contributed by atoms with van der Waals surface area (Å²) in [5.74, 6) is 0. The number of hydrogen-bond acceptors (Lipinski definition) is 3. The van der Waals surface area contributed by atoms with Crippen LogP contribution in [0.2, 0.25) is 0 Å². The number of aliphatic hydroxyl groups is 1. The molecule has 0 amide bonds. The van der Waals surface area contributed by atoms with Crippen molar-refractivity contribution in [3.63, 3.8) is 0 Å². The maximum Gasteiger partial charge on any atom is 0.109 e. The Balaban J connectivity index is 2.01. The van der Waals surface area contributed by atoms with Gasteiger partial charge in [0, 0.05) is 23.5 Å². The van der Waals surface area contributed by atoms with Crippen molar-refractivity contribution in [2.24, 2.45) is 0 Å². The Morgan fingerprint density at radius 2 is 1.84 bits per heavy atom. The fourth-order valence-corrected chi connectivity index (χ4v) is 2.06. The molecule has 0 aliphatic carbocycles. The van der Waals surface area contributed by atoms with E-state index in [1.54, 1.807) is 24.7 Å². The van der Waals surface area contributed by atoms with E-state index in [2.05, 4.69) is 15.2 Å². The number of aliphatic hydroxyl groups excluding tert-OH is 1. The molecule has 3 rings (SSSR count). The zero-order valence-electron chi connectivity index (χ0n) is 10.2. The molecule has 0 bridgehead atoms. The molecule has 0 spiro atoms. The molecule has 19 heavy (non-hydrogen) atoms. The quantitative estimate of drug-likeness (QED) is 0.752. The van der Waals surface area contributed by atoms with E-state index in [-0.39, 0.29) is 0 Å². The predicted octanol–water partition coefficient (Wildman–Crippen LogP) is 2.55. The average molecular weight is 251 g/mol. The summed E-state index contributed by atoms with van der Waals surface area (Å²) >= 11 is 0. The highest BCUT2D eigenvalue weighted by atomic mass is 16.3. The Kier molecular flexibility index (Phi) is 3.08. The lowest BCUT2D eigenvalue weighted by Gasteiger charge is -2.11.